The predicted octanol–water partition coefficient (Wildman–Crippen LogP) is 4.46. The van der Waals surface area contributed by atoms with Crippen molar-refractivity contribution in [3.05, 3.63) is 59.7 Å². The summed E-state index contributed by atoms with van der Waals surface area (Å²) in [6.45, 7) is 2.32. The highest BCUT2D eigenvalue weighted by Crippen LogP contribution is 2.44. The number of aliphatic carboxylic acids is 1. The number of rotatable bonds is 10. The maximum atomic E-state index is 12.9. The largest absolute Gasteiger partial charge is 0.480 e. The smallest absolute Gasteiger partial charge is 0.407 e. The van der Waals surface area contributed by atoms with Gasteiger partial charge in [-0.2, -0.15) is 0 Å². The van der Waals surface area contributed by atoms with Gasteiger partial charge in [0, 0.05) is 12.5 Å². The maximum absolute atomic E-state index is 12.9. The lowest BCUT2D eigenvalue weighted by molar-refractivity contribution is -0.145. The molecule has 1 atom stereocenters. The fourth-order valence-electron chi connectivity index (χ4n) is 4.96. The van der Waals surface area contributed by atoms with Crippen LogP contribution in [0.2, 0.25) is 0 Å². The van der Waals surface area contributed by atoms with Crippen LogP contribution in [-0.4, -0.2) is 42.3 Å². The Hall–Kier alpha value is -3.35. The molecule has 0 aliphatic heterocycles. The number of carboxylic acids is 1. The van der Waals surface area contributed by atoms with Crippen molar-refractivity contribution >= 4 is 18.0 Å². The van der Waals surface area contributed by atoms with Crippen molar-refractivity contribution in [2.24, 2.45) is 5.41 Å². The molecule has 34 heavy (non-hydrogen) atoms. The molecule has 0 saturated heterocycles. The summed E-state index contributed by atoms with van der Waals surface area (Å²) < 4.78 is 5.58. The van der Waals surface area contributed by atoms with Crippen LogP contribution in [0.15, 0.2) is 48.5 Å². The Morgan fingerprint density at radius 1 is 1.06 bits per heavy atom. The molecule has 0 aromatic heterocycles. The summed E-state index contributed by atoms with van der Waals surface area (Å²) in [6.07, 6.45) is 3.50. The van der Waals surface area contributed by atoms with Gasteiger partial charge in [0.1, 0.15) is 12.6 Å². The first-order chi connectivity index (χ1) is 16.4. The van der Waals surface area contributed by atoms with E-state index < -0.39 is 23.5 Å². The minimum absolute atomic E-state index is 0.0333. The van der Waals surface area contributed by atoms with E-state index in [4.69, 9.17) is 4.74 Å². The molecule has 0 spiro atoms. The number of carboxylic acid groups (broad SMARTS) is 1. The summed E-state index contributed by atoms with van der Waals surface area (Å²) in [5.74, 6) is -1.36. The second-order valence-corrected chi connectivity index (χ2v) is 9.32. The third kappa shape index (κ3) is 4.79. The Labute approximate surface area is 199 Å². The van der Waals surface area contributed by atoms with Gasteiger partial charge in [-0.3, -0.25) is 4.79 Å². The molecule has 0 heterocycles. The number of benzene rings is 2. The van der Waals surface area contributed by atoms with Crippen molar-refractivity contribution in [2.45, 2.75) is 57.4 Å². The summed E-state index contributed by atoms with van der Waals surface area (Å²) in [4.78, 5) is 37.0. The molecule has 2 amide bonds. The minimum Gasteiger partial charge on any atom is -0.480 e. The fraction of sp³-hybridized carbons (Fsp3) is 0.444. The SMILES string of the molecule is CCCC[C@H](NC(=O)C1(CNC(=O)OCC2c3ccccc3-c3ccccc32)CCC1)C(=O)O. The maximum Gasteiger partial charge on any atom is 0.407 e. The summed E-state index contributed by atoms with van der Waals surface area (Å²) in [5, 5.41) is 14.9. The number of fused-ring (bicyclic) bond motifs is 3. The van der Waals surface area contributed by atoms with E-state index in [9.17, 15) is 19.5 Å². The summed E-state index contributed by atoms with van der Waals surface area (Å²) in [7, 11) is 0. The fourth-order valence-corrected chi connectivity index (χ4v) is 4.96. The van der Waals surface area contributed by atoms with Gasteiger partial charge in [0.05, 0.1) is 5.41 Å². The Balaban J connectivity index is 1.34. The van der Waals surface area contributed by atoms with Crippen molar-refractivity contribution in [3.8, 4) is 11.1 Å². The first-order valence-corrected chi connectivity index (χ1v) is 12.1. The summed E-state index contributed by atoms with van der Waals surface area (Å²) >= 11 is 0. The lowest BCUT2D eigenvalue weighted by atomic mass is 9.68. The number of ether oxygens (including phenoxy) is 1. The van der Waals surface area contributed by atoms with Gasteiger partial charge >= 0.3 is 12.1 Å². The molecule has 1 saturated carbocycles. The van der Waals surface area contributed by atoms with E-state index in [-0.39, 0.29) is 25.0 Å². The van der Waals surface area contributed by atoms with Gasteiger partial charge < -0.3 is 20.5 Å². The van der Waals surface area contributed by atoms with Gasteiger partial charge in [0.2, 0.25) is 5.91 Å². The highest BCUT2D eigenvalue weighted by molar-refractivity contribution is 5.88. The molecule has 0 radical (unpaired) electrons. The van der Waals surface area contributed by atoms with Gasteiger partial charge in [0.15, 0.2) is 0 Å². The molecule has 7 nitrogen and oxygen atoms in total. The van der Waals surface area contributed by atoms with E-state index in [0.29, 0.717) is 19.3 Å². The average molecular weight is 465 g/mol. The van der Waals surface area contributed by atoms with E-state index in [1.807, 2.05) is 31.2 Å². The number of hydrogen-bond acceptors (Lipinski definition) is 4. The number of carbonyl (C=O) groups excluding carboxylic acids is 2. The van der Waals surface area contributed by atoms with Crippen molar-refractivity contribution in [1.29, 1.82) is 0 Å². The molecule has 2 aromatic rings. The number of alkyl carbamates (subject to hydrolysis) is 1. The monoisotopic (exact) mass is 464 g/mol. The highest BCUT2D eigenvalue weighted by atomic mass is 16.5. The number of hydrogen-bond donors (Lipinski definition) is 3. The molecule has 2 aliphatic rings. The van der Waals surface area contributed by atoms with Crippen molar-refractivity contribution in [1.82, 2.24) is 10.6 Å². The number of nitrogens with one attached hydrogen (secondary N) is 2. The second kappa shape index (κ2) is 10.3. The topological polar surface area (TPSA) is 105 Å². The molecule has 3 N–H and O–H groups in total. The summed E-state index contributed by atoms with van der Waals surface area (Å²) in [5.41, 5.74) is 3.82. The number of amides is 2. The molecule has 1 fully saturated rings. The van der Waals surface area contributed by atoms with Crippen LogP contribution in [0, 0.1) is 5.41 Å². The molecular formula is C27H32N2O5. The standard InChI is InChI=1S/C27H32N2O5/c1-2-3-13-23(24(30)31)29-25(32)27(14-8-15-27)17-28-26(33)34-16-22-20-11-6-4-9-18(20)19-10-5-7-12-21(19)22/h4-7,9-12,22-23H,2-3,8,13-17H2,1H3,(H,28,33)(H,29,32)(H,30,31)/t23-/m0/s1. The van der Waals surface area contributed by atoms with Crippen LogP contribution in [0.5, 0.6) is 0 Å². The molecule has 7 heteroatoms. The van der Waals surface area contributed by atoms with E-state index >= 15 is 0 Å². The molecular weight excluding hydrogens is 432 g/mol. The van der Waals surface area contributed by atoms with Gasteiger partial charge in [0.25, 0.3) is 0 Å². The lowest BCUT2D eigenvalue weighted by Gasteiger charge is -2.40. The van der Waals surface area contributed by atoms with Gasteiger partial charge in [-0.05, 0) is 41.5 Å². The zero-order valence-electron chi connectivity index (χ0n) is 19.5. The first kappa shape index (κ1) is 23.8. The Kier molecular flexibility index (Phi) is 7.20. The number of unbranched alkanes of at least 4 members (excludes halogenated alkanes) is 1. The van der Waals surface area contributed by atoms with Crippen LogP contribution >= 0.6 is 0 Å². The van der Waals surface area contributed by atoms with E-state index in [0.717, 1.165) is 41.5 Å². The van der Waals surface area contributed by atoms with Crippen molar-refractivity contribution < 1.29 is 24.2 Å². The summed E-state index contributed by atoms with van der Waals surface area (Å²) in [6, 6.07) is 15.4. The Morgan fingerprint density at radius 3 is 2.21 bits per heavy atom. The molecule has 2 aromatic carbocycles. The second-order valence-electron chi connectivity index (χ2n) is 9.32. The average Bonchev–Trinajstić information content (AvgIpc) is 3.13. The van der Waals surface area contributed by atoms with E-state index in [2.05, 4.69) is 34.9 Å². The highest BCUT2D eigenvalue weighted by Gasteiger charge is 2.45. The minimum atomic E-state index is -1.03. The van der Waals surface area contributed by atoms with Crippen molar-refractivity contribution in [3.63, 3.8) is 0 Å². The van der Waals surface area contributed by atoms with Gasteiger partial charge in [-0.25, -0.2) is 9.59 Å². The van der Waals surface area contributed by atoms with Crippen LogP contribution in [0.1, 0.15) is 62.5 Å². The van der Waals surface area contributed by atoms with Gasteiger partial charge in [-0.15, -0.1) is 0 Å². The predicted molar refractivity (Wildman–Crippen MR) is 128 cm³/mol. The molecule has 0 unspecified atom stereocenters. The molecule has 180 valence electrons. The van der Waals surface area contributed by atoms with Crippen LogP contribution in [0.4, 0.5) is 4.79 Å². The lowest BCUT2D eigenvalue weighted by Crippen LogP contribution is -2.55. The third-order valence-corrected chi connectivity index (χ3v) is 7.16. The third-order valence-electron chi connectivity index (χ3n) is 7.16. The molecule has 2 aliphatic carbocycles. The Morgan fingerprint density at radius 2 is 1.68 bits per heavy atom. The van der Waals surface area contributed by atoms with Crippen molar-refractivity contribution in [2.75, 3.05) is 13.2 Å². The van der Waals surface area contributed by atoms with E-state index in [1.54, 1.807) is 0 Å². The quantitative estimate of drug-likeness (QED) is 0.482. The van der Waals surface area contributed by atoms with Gasteiger partial charge in [-0.1, -0.05) is 74.7 Å². The Bertz CT molecular complexity index is 1020. The number of carbonyl (C=O) groups is 3. The zero-order chi connectivity index (χ0) is 24.1. The van der Waals surface area contributed by atoms with Crippen LogP contribution in [0.25, 0.3) is 11.1 Å². The van der Waals surface area contributed by atoms with Crippen LogP contribution in [0.3, 0.4) is 0 Å². The molecule has 4 rings (SSSR count). The van der Waals surface area contributed by atoms with Crippen LogP contribution < -0.4 is 10.6 Å². The normalized spacial score (nSPS) is 16.5. The zero-order valence-corrected chi connectivity index (χ0v) is 19.5. The van der Waals surface area contributed by atoms with E-state index in [1.165, 1.54) is 0 Å². The molecule has 0 bridgehead atoms. The van der Waals surface area contributed by atoms with Crippen LogP contribution in [-0.2, 0) is 14.3 Å². The first-order valence-electron chi connectivity index (χ1n) is 12.1.